The Labute approximate surface area is 801 Å². The van der Waals surface area contributed by atoms with Crippen LogP contribution < -0.4 is 9.47 Å². The molecule has 16 aliphatic carbocycles. The Morgan fingerprint density at radius 1 is 0.328 bits per heavy atom. The number of ether oxygens (including phenoxy) is 2. The van der Waals surface area contributed by atoms with Gasteiger partial charge < -0.3 is 29.9 Å². The van der Waals surface area contributed by atoms with E-state index in [9.17, 15) is 39.6 Å². The number of para-hydroxylation sites is 1. The van der Waals surface area contributed by atoms with E-state index < -0.39 is 22.4 Å². The van der Waals surface area contributed by atoms with Crippen molar-refractivity contribution in [2.24, 2.45) is 164 Å². The summed E-state index contributed by atoms with van der Waals surface area (Å²) >= 11 is 12.7. The third kappa shape index (κ3) is 16.7. The van der Waals surface area contributed by atoms with E-state index in [4.69, 9.17) is 32.7 Å². The van der Waals surface area contributed by atoms with Crippen LogP contribution in [0, 0.1) is 164 Å². The minimum Gasteiger partial charge on any atom is -0.494 e. The Morgan fingerprint density at radius 2 is 0.649 bits per heavy atom. The molecule has 0 radical (unpaired) electrons. The normalized spacial score (nSPS) is 42.0. The van der Waals surface area contributed by atoms with Gasteiger partial charge in [-0.1, -0.05) is 90.8 Å². The van der Waals surface area contributed by atoms with E-state index in [-0.39, 0.29) is 65.0 Å². The molecule has 4 aromatic carbocycles. The predicted molar refractivity (Wildman–Crippen MR) is 518 cm³/mol. The second kappa shape index (κ2) is 35.7. The van der Waals surface area contributed by atoms with Gasteiger partial charge in [0.05, 0.1) is 57.7 Å². The summed E-state index contributed by atoms with van der Waals surface area (Å²) in [5.41, 5.74) is 4.68. The van der Waals surface area contributed by atoms with Crippen LogP contribution in [0.1, 0.15) is 287 Å². The molecule has 4 N–H and O–H groups in total. The van der Waals surface area contributed by atoms with E-state index >= 15 is 0 Å². The second-order valence-electron chi connectivity index (χ2n) is 49.1. The summed E-state index contributed by atoms with van der Waals surface area (Å²) in [6.07, 6.45) is 41.2. The van der Waals surface area contributed by atoms with Crippen molar-refractivity contribution >= 4 is 90.5 Å². The number of carbonyl (C=O) groups excluding carboxylic acids is 4. The third-order valence-corrected chi connectivity index (χ3v) is 42.7. The van der Waals surface area contributed by atoms with E-state index in [0.29, 0.717) is 104 Å². The highest BCUT2D eigenvalue weighted by Crippen LogP contribution is 2.71. The monoisotopic (exact) mass is 1870 g/mol. The molecule has 4 aromatic heterocycles. The molecule has 134 heavy (non-hydrogen) atoms. The maximum absolute atomic E-state index is 13.7. The number of carbonyl (C=O) groups is 4. The van der Waals surface area contributed by atoms with Gasteiger partial charge in [0.1, 0.15) is 59.7 Å². The van der Waals surface area contributed by atoms with Crippen molar-refractivity contribution in [2.45, 2.75) is 335 Å². The average Bonchev–Trinajstić information content (AvgIpc) is 1.57. The average molecular weight is 1870 g/mol. The number of rotatable bonds is 14. The van der Waals surface area contributed by atoms with Crippen molar-refractivity contribution in [3.63, 3.8) is 0 Å². The second-order valence-corrected chi connectivity index (χ2v) is 49.9. The molecular weight excluding hydrogens is 1720 g/mol. The Hall–Kier alpha value is -6.82. The molecule has 8 aromatic rings. The highest BCUT2D eigenvalue weighted by atomic mass is 35.5. The molecule has 4 heterocycles. The number of hydrogen-bond donors (Lipinski definition) is 4. The van der Waals surface area contributed by atoms with Crippen LogP contribution in [-0.4, -0.2) is 140 Å². The molecule has 24 heteroatoms. The molecule has 16 saturated carbocycles. The number of nitrogens with zero attached hydrogens (tertiary/aromatic N) is 12. The first kappa shape index (κ1) is 93.5. The Bertz CT molecular complexity index is 5700. The summed E-state index contributed by atoms with van der Waals surface area (Å²) in [4.78, 5) is 56.1. The number of aromatic nitrogens is 12. The third-order valence-electron chi connectivity index (χ3n) is 42.1. The molecular formula is C110H150Cl2N12O10. The van der Waals surface area contributed by atoms with Crippen LogP contribution in [0.4, 0.5) is 0 Å². The van der Waals surface area contributed by atoms with Crippen LogP contribution in [0.25, 0.3) is 44.1 Å². The molecule has 724 valence electrons. The quantitative estimate of drug-likeness (QED) is 0.0786. The van der Waals surface area contributed by atoms with Crippen LogP contribution in [0.2, 0.25) is 10.0 Å². The summed E-state index contributed by atoms with van der Waals surface area (Å²) in [7, 11) is 3.27. The van der Waals surface area contributed by atoms with Crippen molar-refractivity contribution in [1.82, 2.24) is 60.0 Å². The van der Waals surface area contributed by atoms with Crippen LogP contribution in [-0.2, 0) is 45.4 Å². The van der Waals surface area contributed by atoms with Gasteiger partial charge in [0, 0.05) is 23.7 Å². The topological polar surface area (TPSA) is 290 Å². The van der Waals surface area contributed by atoms with Gasteiger partial charge in [0.15, 0.2) is 34.2 Å². The number of methoxy groups -OCH3 is 2. The Morgan fingerprint density at radius 3 is 1.05 bits per heavy atom. The zero-order valence-corrected chi connectivity index (χ0v) is 82.9. The van der Waals surface area contributed by atoms with Gasteiger partial charge in [-0.25, -0.2) is 14.0 Å². The van der Waals surface area contributed by atoms with Crippen molar-refractivity contribution < 1.29 is 49.1 Å². The molecule has 0 unspecified atom stereocenters. The number of Topliss-reactive ketones (excluding diaryl/α,β-unsaturated/α-hetero) is 4. The van der Waals surface area contributed by atoms with Gasteiger partial charge in [0.25, 0.3) is 0 Å². The van der Waals surface area contributed by atoms with Crippen LogP contribution >= 0.6 is 23.2 Å². The fourth-order valence-corrected chi connectivity index (χ4v) is 36.5. The van der Waals surface area contributed by atoms with Crippen LogP contribution in [0.15, 0.2) is 72.8 Å². The Balaban J connectivity index is 0.000000107. The molecule has 0 aliphatic heterocycles. The summed E-state index contributed by atoms with van der Waals surface area (Å²) in [5.74, 6) is 17.9. The molecule has 0 spiro atoms. The fourth-order valence-electron chi connectivity index (χ4n) is 36.1. The van der Waals surface area contributed by atoms with Gasteiger partial charge in [-0.3, -0.25) is 19.2 Å². The molecule has 0 saturated heterocycles. The number of fused-ring (bicyclic) bond motifs is 24. The lowest BCUT2D eigenvalue weighted by Gasteiger charge is -2.56. The van der Waals surface area contributed by atoms with E-state index in [1.807, 2.05) is 100 Å². The van der Waals surface area contributed by atoms with E-state index in [0.717, 1.165) is 200 Å². The number of halogens is 2. The summed E-state index contributed by atoms with van der Waals surface area (Å²) in [6.45, 7) is 18.9. The maximum atomic E-state index is 13.7. The van der Waals surface area contributed by atoms with E-state index in [2.05, 4.69) is 68.8 Å². The standard InChI is InChI=1S/2C28H39N3O3.2C27H36ClN3O2/c1-27(33)13-11-18-17(15-27)7-8-20-19(18)12-14-28(2)21(20)9-10-22(28)24(32)16-31-23-5-4-6-25(34-3)26(23)29-30-31;1-27(33)13-11-18-17(15-27)7-8-20-19(18)12-14-28(2)21(20)9-10-22(28)24(32)16-31-29-23-5-4-6-25(34-3)26(23)30-31;1-26(33)12-10-17-16(14-26)6-7-19-18(17)11-13-27(2)20(19)8-9-21(27)24(32)15-31-23-5-3-4-22(28)25(23)29-30-31;1-26(33)12-10-17-16(14-26)6-7-19-18(17)11-13-27(2)20(19)8-9-21(27)24(32)15-31-25-22(28)4-3-5-23(25)29-30-31/h2*4-6,17-22,33H,7-16H2,1-3H3;2*3-5,16-21,33H,6-15H2,1-2H3/t2*17-,18+,19-,20-,21+,22-,27-,28+;2*16-,17+,18-,19-,20+,21-,26-,27+/m1111/s1. The van der Waals surface area contributed by atoms with Crippen molar-refractivity contribution in [1.29, 1.82) is 0 Å². The number of aliphatic hydroxyl groups is 4. The van der Waals surface area contributed by atoms with Gasteiger partial charge >= 0.3 is 0 Å². The smallest absolute Gasteiger partial charge is 0.159 e. The van der Waals surface area contributed by atoms with Gasteiger partial charge in [0.2, 0.25) is 0 Å². The Kier molecular flexibility index (Phi) is 24.9. The number of hydrogen-bond acceptors (Lipinski definition) is 18. The minimum atomic E-state index is -0.462. The molecule has 22 nitrogen and oxygen atoms in total. The molecule has 24 rings (SSSR count). The number of ketones is 4. The lowest BCUT2D eigenvalue weighted by Crippen LogP contribution is -2.51. The predicted octanol–water partition coefficient (Wildman–Crippen LogP) is 21.4. The van der Waals surface area contributed by atoms with Gasteiger partial charge in [-0.05, 0) is 447 Å². The maximum Gasteiger partial charge on any atom is 0.159 e. The summed E-state index contributed by atoms with van der Waals surface area (Å²) in [6, 6.07) is 22.7. The molecule has 0 amide bonds. The first-order chi connectivity index (χ1) is 64.1. The van der Waals surface area contributed by atoms with E-state index in [1.165, 1.54) is 141 Å². The van der Waals surface area contributed by atoms with Crippen molar-refractivity contribution in [3.8, 4) is 11.5 Å². The van der Waals surface area contributed by atoms with Crippen molar-refractivity contribution in [2.75, 3.05) is 14.2 Å². The van der Waals surface area contributed by atoms with Crippen molar-refractivity contribution in [3.05, 3.63) is 82.8 Å². The molecule has 0 bridgehead atoms. The summed E-state index contributed by atoms with van der Waals surface area (Å²) < 4.78 is 16.1. The minimum absolute atomic E-state index is 0.103. The lowest BCUT2D eigenvalue weighted by molar-refractivity contribution is -0.133. The highest BCUT2D eigenvalue weighted by Gasteiger charge is 2.65. The fraction of sp³-hybridized carbons (Fsp3) is 0.745. The highest BCUT2D eigenvalue weighted by molar-refractivity contribution is 6.35. The largest absolute Gasteiger partial charge is 0.494 e. The molecule has 16 aliphatic rings. The van der Waals surface area contributed by atoms with Gasteiger partial charge in [-0.15, -0.1) is 20.4 Å². The summed E-state index contributed by atoms with van der Waals surface area (Å²) in [5, 5.41) is 78.4. The zero-order valence-electron chi connectivity index (χ0n) is 81.4. The van der Waals surface area contributed by atoms with Crippen LogP contribution in [0.3, 0.4) is 0 Å². The van der Waals surface area contributed by atoms with Crippen LogP contribution in [0.5, 0.6) is 11.5 Å². The molecule has 16 fully saturated rings. The SMILES string of the molecule is COc1cccc2c1nnn2CC(=O)[C@H]1CC[C@H]2[C@@H]3CC[C@@H]4C[C@](C)(O)CC[C@@H]4[C@H]3CC[C@]12C.COc1cccc2nn(CC(=O)[C@H]3CC[C@H]4[C@@H]5CC[C@@H]6C[C@](C)(O)CC[C@@H]6[C@H]5CC[C@]34C)nc12.C[C@@]1(O)CC[C@H]2[C@H](CC[C@@H]3[C@@H]2CC[C@]2(C)[C@@H](C(=O)Cn4nnc5c(Cl)cccc54)CC[C@@H]32)C1.C[C@@]1(O)CC[C@H]2[C@H](CC[C@@H]3[C@@H]2CC[C@]2(C)[C@@H](C(=O)Cn4nnc5cccc(Cl)c54)CC[C@@H]32)C1. The zero-order chi connectivity index (χ0) is 93.2. The van der Waals surface area contributed by atoms with E-state index in [1.54, 1.807) is 33.1 Å². The first-order valence-corrected chi connectivity index (χ1v) is 53.6. The lowest BCUT2D eigenvalue weighted by atomic mass is 9.49. The first-order valence-electron chi connectivity index (χ1n) is 52.8. The van der Waals surface area contributed by atoms with Gasteiger partial charge in [-0.2, -0.15) is 9.90 Å². The molecule has 32 atom stereocenters. The number of benzene rings is 4.